The fourth-order valence-electron chi connectivity index (χ4n) is 6.91. The number of piperazine rings is 1. The van der Waals surface area contributed by atoms with Crippen LogP contribution in [0.25, 0.3) is 22.0 Å². The highest BCUT2D eigenvalue weighted by Gasteiger charge is 2.36. The summed E-state index contributed by atoms with van der Waals surface area (Å²) >= 11 is 1.54. The molecule has 0 bridgehead atoms. The third kappa shape index (κ3) is 4.90. The van der Waals surface area contributed by atoms with Crippen molar-refractivity contribution in [1.29, 1.82) is 0 Å². The zero-order valence-electron chi connectivity index (χ0n) is 23.9. The Balaban J connectivity index is 1.54. The maximum absolute atomic E-state index is 15.2. The Bertz CT molecular complexity index is 1630. The molecular formula is C31H34F3N5O2S. The third-order valence-corrected chi connectivity index (χ3v) is 9.90. The highest BCUT2D eigenvalue weighted by molar-refractivity contribution is 7.99. The molecule has 0 saturated carbocycles. The summed E-state index contributed by atoms with van der Waals surface area (Å²) in [5.41, 5.74) is 1.92. The first kappa shape index (κ1) is 28.8. The van der Waals surface area contributed by atoms with Gasteiger partial charge in [0, 0.05) is 78.0 Å². The van der Waals surface area contributed by atoms with Gasteiger partial charge in [0.15, 0.2) is 0 Å². The van der Waals surface area contributed by atoms with E-state index in [1.54, 1.807) is 21.2 Å². The van der Waals surface area contributed by atoms with Crippen molar-refractivity contribution in [3.63, 3.8) is 0 Å². The zero-order chi connectivity index (χ0) is 29.9. The predicted molar refractivity (Wildman–Crippen MR) is 160 cm³/mol. The summed E-state index contributed by atoms with van der Waals surface area (Å²) in [5.74, 6) is -0.410. The average molecular weight is 598 g/mol. The number of carbonyl (C=O) groups is 1. The van der Waals surface area contributed by atoms with Crippen molar-refractivity contribution in [2.75, 3.05) is 43.4 Å². The number of aryl methyl sites for hydroxylation is 1. The van der Waals surface area contributed by atoms with Crippen molar-refractivity contribution >= 4 is 34.4 Å². The minimum atomic E-state index is -0.878. The normalized spacial score (nSPS) is 24.4. The number of likely N-dealkylation sites (tertiary alicyclic amines) is 1. The minimum absolute atomic E-state index is 0.141. The smallest absolute Gasteiger partial charge is 0.350 e. The molecule has 2 fully saturated rings. The highest BCUT2D eigenvalue weighted by Crippen LogP contribution is 2.46. The molecule has 42 heavy (non-hydrogen) atoms. The Morgan fingerprint density at radius 2 is 1.90 bits per heavy atom. The van der Waals surface area contributed by atoms with Gasteiger partial charge in [0.1, 0.15) is 23.6 Å². The van der Waals surface area contributed by atoms with Gasteiger partial charge in [0.25, 0.3) is 0 Å². The number of carbonyl (C=O) groups excluding carboxylic acids is 1. The minimum Gasteiger partial charge on any atom is -0.352 e. The summed E-state index contributed by atoms with van der Waals surface area (Å²) in [4.78, 5) is 37.7. The van der Waals surface area contributed by atoms with Gasteiger partial charge in [-0.1, -0.05) is 6.58 Å². The van der Waals surface area contributed by atoms with E-state index < -0.39 is 23.5 Å². The van der Waals surface area contributed by atoms with Crippen molar-refractivity contribution in [2.24, 2.45) is 0 Å². The number of rotatable bonds is 5. The van der Waals surface area contributed by atoms with Crippen molar-refractivity contribution in [3.8, 4) is 11.1 Å². The lowest BCUT2D eigenvalue weighted by atomic mass is 9.96. The van der Waals surface area contributed by atoms with E-state index in [1.807, 2.05) is 36.6 Å². The Labute approximate surface area is 247 Å². The summed E-state index contributed by atoms with van der Waals surface area (Å²) in [5, 5.41) is 0.762. The van der Waals surface area contributed by atoms with Crippen molar-refractivity contribution in [2.45, 2.75) is 56.4 Å². The Morgan fingerprint density at radius 1 is 1.17 bits per heavy atom. The lowest BCUT2D eigenvalue weighted by Crippen LogP contribution is -2.58. The number of thioether (sulfide) groups is 1. The SMILES string of the molecule is C=CC(=O)N1[C@H](C)CN(c2nc(=O)n3c4c(c(-c5ccc(F)cc5F)c(C)cc24)SC[C@@H]3CN2CC[C@H](F)C2)C[C@@H]1C. The van der Waals surface area contributed by atoms with Crippen LogP contribution in [0.3, 0.4) is 0 Å². The zero-order valence-corrected chi connectivity index (χ0v) is 24.8. The van der Waals surface area contributed by atoms with Crippen LogP contribution in [-0.4, -0.2) is 82.0 Å². The van der Waals surface area contributed by atoms with Gasteiger partial charge >= 0.3 is 5.69 Å². The van der Waals surface area contributed by atoms with Crippen LogP contribution in [0.1, 0.15) is 31.9 Å². The van der Waals surface area contributed by atoms with Crippen molar-refractivity contribution in [3.05, 3.63) is 64.6 Å². The van der Waals surface area contributed by atoms with E-state index in [9.17, 15) is 18.4 Å². The van der Waals surface area contributed by atoms with Gasteiger partial charge in [0.05, 0.1) is 11.6 Å². The molecular weight excluding hydrogens is 563 g/mol. The van der Waals surface area contributed by atoms with Gasteiger partial charge in [-0.2, -0.15) is 4.98 Å². The number of nitrogens with zero attached hydrogens (tertiary/aromatic N) is 5. The van der Waals surface area contributed by atoms with Crippen LogP contribution in [0.5, 0.6) is 0 Å². The first-order valence-electron chi connectivity index (χ1n) is 14.3. The Kier molecular flexibility index (Phi) is 7.59. The van der Waals surface area contributed by atoms with Gasteiger partial charge < -0.3 is 9.80 Å². The second-order valence-corrected chi connectivity index (χ2v) is 12.7. The van der Waals surface area contributed by atoms with E-state index in [2.05, 4.69) is 11.6 Å². The summed E-state index contributed by atoms with van der Waals surface area (Å²) in [6, 6.07) is 4.94. The molecule has 4 heterocycles. The monoisotopic (exact) mass is 597 g/mol. The molecule has 0 spiro atoms. The highest BCUT2D eigenvalue weighted by atomic mass is 32.2. The molecule has 2 aromatic carbocycles. The van der Waals surface area contributed by atoms with E-state index in [4.69, 9.17) is 0 Å². The molecule has 0 N–H and O–H groups in total. The third-order valence-electron chi connectivity index (χ3n) is 8.66. The van der Waals surface area contributed by atoms with E-state index in [0.29, 0.717) is 61.8 Å². The maximum atomic E-state index is 15.2. The van der Waals surface area contributed by atoms with Crippen molar-refractivity contribution < 1.29 is 18.0 Å². The number of amides is 1. The number of benzene rings is 2. The first-order chi connectivity index (χ1) is 20.1. The van der Waals surface area contributed by atoms with Crippen LogP contribution < -0.4 is 10.6 Å². The van der Waals surface area contributed by atoms with Crippen LogP contribution in [0, 0.1) is 18.6 Å². The second kappa shape index (κ2) is 11.1. The molecule has 1 aromatic heterocycles. The molecule has 2 saturated heterocycles. The Hall–Kier alpha value is -3.31. The molecule has 7 nitrogen and oxygen atoms in total. The van der Waals surface area contributed by atoms with Gasteiger partial charge in [-0.3, -0.25) is 14.3 Å². The van der Waals surface area contributed by atoms with Crippen LogP contribution in [0.4, 0.5) is 19.0 Å². The molecule has 3 aliphatic rings. The number of hydrogen-bond acceptors (Lipinski definition) is 6. The first-order valence-corrected chi connectivity index (χ1v) is 15.3. The maximum Gasteiger partial charge on any atom is 0.350 e. The van der Waals surface area contributed by atoms with E-state index in [0.717, 1.165) is 21.9 Å². The quantitative estimate of drug-likeness (QED) is 0.388. The second-order valence-electron chi connectivity index (χ2n) is 11.7. The van der Waals surface area contributed by atoms with Crippen LogP contribution >= 0.6 is 11.8 Å². The summed E-state index contributed by atoms with van der Waals surface area (Å²) < 4.78 is 44.8. The largest absolute Gasteiger partial charge is 0.352 e. The lowest BCUT2D eigenvalue weighted by molar-refractivity contribution is -0.130. The number of anilines is 1. The van der Waals surface area contributed by atoms with Crippen LogP contribution in [0.2, 0.25) is 0 Å². The van der Waals surface area contributed by atoms with E-state index in [1.165, 1.54) is 18.2 Å². The fourth-order valence-corrected chi connectivity index (χ4v) is 8.28. The topological polar surface area (TPSA) is 61.7 Å². The van der Waals surface area contributed by atoms with Gasteiger partial charge in [0.2, 0.25) is 5.91 Å². The van der Waals surface area contributed by atoms with E-state index >= 15 is 4.39 Å². The number of hydrogen-bond donors (Lipinski definition) is 0. The summed E-state index contributed by atoms with van der Waals surface area (Å²) in [7, 11) is 0. The molecule has 222 valence electrons. The number of aromatic nitrogens is 2. The van der Waals surface area contributed by atoms with Crippen molar-refractivity contribution in [1.82, 2.24) is 19.4 Å². The lowest BCUT2D eigenvalue weighted by Gasteiger charge is -2.45. The van der Waals surface area contributed by atoms with Gasteiger partial charge in [-0.05, 0) is 57.0 Å². The van der Waals surface area contributed by atoms with Gasteiger partial charge in [-0.15, -0.1) is 11.8 Å². The molecule has 4 atom stereocenters. The van der Waals surface area contributed by atoms with E-state index in [-0.39, 0.29) is 29.6 Å². The summed E-state index contributed by atoms with van der Waals surface area (Å²) in [6.07, 6.45) is 0.914. The Morgan fingerprint density at radius 3 is 2.55 bits per heavy atom. The summed E-state index contributed by atoms with van der Waals surface area (Å²) in [6.45, 7) is 11.9. The molecule has 11 heteroatoms. The molecule has 0 unspecified atom stereocenters. The van der Waals surface area contributed by atoms with Gasteiger partial charge in [-0.25, -0.2) is 18.0 Å². The number of alkyl halides is 1. The van der Waals surface area contributed by atoms with Crippen LogP contribution in [-0.2, 0) is 4.79 Å². The predicted octanol–water partition coefficient (Wildman–Crippen LogP) is 4.95. The molecule has 3 aliphatic heterocycles. The molecule has 3 aromatic rings. The standard InChI is InChI=1S/C31H34F3N5O2S/c1-5-26(40)38-18(3)12-37(13-19(38)4)30-24-10-17(2)27(23-7-6-20(32)11-25(23)34)29-28(24)39(31(41)35-30)22(16-42-29)15-36-9-8-21(33)14-36/h5-7,10-11,18-19,21-22H,1,8-9,12-16H2,2-4H3/t18-,19+,21-,22-/m0/s1. The fraction of sp³-hybridized carbons (Fsp3) is 0.452. The molecule has 0 aliphatic carbocycles. The molecule has 0 radical (unpaired) electrons. The van der Waals surface area contributed by atoms with Crippen LogP contribution in [0.15, 0.2) is 46.6 Å². The average Bonchev–Trinajstić information content (AvgIpc) is 3.35. The molecule has 6 rings (SSSR count). The number of halogens is 3. The molecule has 1 amide bonds.